The SMILES string of the molecule is Cc1cc(-c2[c-]cccc2)ncc1-c1ccccc1.Cc1cc(C)cc(-c2ccnc(-c3[c-]cccc3)c2)c1.Cc1cc(C)cc(-c2ccnc(-c3[c-]cccc3)c2)c1.Cc1cc(C)nc(-c2[c-]cccc2)c1.[Ir].[Ir].[Ir].[c-]1ccccc1-c1ccccn1.[c-]1ccccc1-c1ccccn1. The molecule has 0 fully saturated rings. The molecule has 3 radical (unpaired) electrons. The molecule has 501 valence electrons. The van der Waals surface area contributed by atoms with E-state index in [1.165, 1.54) is 66.8 Å². The van der Waals surface area contributed by atoms with E-state index in [4.69, 9.17) is 0 Å². The van der Waals surface area contributed by atoms with Crippen LogP contribution >= 0.6 is 0 Å². The minimum Gasteiger partial charge on any atom is -0.305 e. The molecule has 0 aliphatic rings. The van der Waals surface area contributed by atoms with Crippen LogP contribution in [0.25, 0.3) is 101 Å². The third-order valence-electron chi connectivity index (χ3n) is 15.2. The van der Waals surface area contributed by atoms with Gasteiger partial charge in [0.25, 0.3) is 0 Å². The predicted molar refractivity (Wildman–Crippen MR) is 401 cm³/mol. The van der Waals surface area contributed by atoms with E-state index in [-0.39, 0.29) is 60.3 Å². The van der Waals surface area contributed by atoms with Gasteiger partial charge in [0.05, 0.1) is 0 Å². The molecule has 0 bridgehead atoms. The van der Waals surface area contributed by atoms with Crippen LogP contribution in [0.1, 0.15) is 39.1 Å². The Labute approximate surface area is 632 Å². The minimum atomic E-state index is 0. The molecule has 9 aromatic carbocycles. The van der Waals surface area contributed by atoms with Crippen LogP contribution in [0.4, 0.5) is 0 Å². The number of hydrogen-bond donors (Lipinski definition) is 0. The molecule has 0 spiro atoms. The van der Waals surface area contributed by atoms with Crippen LogP contribution in [0.2, 0.25) is 0 Å². The summed E-state index contributed by atoms with van der Waals surface area (Å²) in [7, 11) is 0. The minimum absolute atomic E-state index is 0. The predicted octanol–water partition coefficient (Wildman–Crippen LogP) is 22.4. The Morgan fingerprint density at radius 1 is 0.230 bits per heavy atom. The molecular weight excluding hydrogens is 1750 g/mol. The molecule has 100 heavy (non-hydrogen) atoms. The number of rotatable bonds is 9. The number of nitrogens with zero attached hydrogens (tertiary/aromatic N) is 6. The maximum absolute atomic E-state index is 4.55. The van der Waals surface area contributed by atoms with Crippen molar-refractivity contribution in [1.82, 2.24) is 29.9 Å². The number of benzene rings is 9. The van der Waals surface area contributed by atoms with Crippen molar-refractivity contribution < 1.29 is 60.3 Å². The first kappa shape index (κ1) is 77.2. The molecule has 15 aromatic rings. The van der Waals surface area contributed by atoms with E-state index >= 15 is 0 Å². The smallest absolute Gasteiger partial charge is 0.0268 e. The van der Waals surface area contributed by atoms with E-state index in [1.807, 2.05) is 226 Å². The summed E-state index contributed by atoms with van der Waals surface area (Å²) in [5.41, 5.74) is 28.0. The van der Waals surface area contributed by atoms with Crippen LogP contribution in [0.15, 0.2) is 322 Å². The zero-order chi connectivity index (χ0) is 67.4. The van der Waals surface area contributed by atoms with Crippen molar-refractivity contribution in [2.75, 3.05) is 0 Å². The van der Waals surface area contributed by atoms with E-state index in [1.54, 1.807) is 12.4 Å². The fourth-order valence-electron chi connectivity index (χ4n) is 10.8. The van der Waals surface area contributed by atoms with Gasteiger partial charge in [-0.3, -0.25) is 0 Å². The average Bonchev–Trinajstić information content (AvgIpc) is 0.841. The first-order valence-corrected chi connectivity index (χ1v) is 32.2. The maximum atomic E-state index is 4.55. The monoisotopic (exact) mass is 1830 g/mol. The summed E-state index contributed by atoms with van der Waals surface area (Å²) in [5, 5.41) is 0. The van der Waals surface area contributed by atoms with E-state index in [0.717, 1.165) is 73.2 Å². The van der Waals surface area contributed by atoms with E-state index in [9.17, 15) is 0 Å². The average molecular weight is 1830 g/mol. The molecule has 6 heterocycles. The van der Waals surface area contributed by atoms with E-state index in [2.05, 4.69) is 199 Å². The maximum Gasteiger partial charge on any atom is 0.0268 e. The second-order valence-electron chi connectivity index (χ2n) is 23.1. The fourth-order valence-corrected chi connectivity index (χ4v) is 10.8. The van der Waals surface area contributed by atoms with Crippen molar-refractivity contribution in [3.05, 3.63) is 398 Å². The van der Waals surface area contributed by atoms with Crippen molar-refractivity contribution in [2.45, 2.75) is 48.5 Å². The van der Waals surface area contributed by atoms with Crippen molar-refractivity contribution >= 4 is 0 Å². The van der Waals surface area contributed by atoms with Crippen LogP contribution in [0.5, 0.6) is 0 Å². The summed E-state index contributed by atoms with van der Waals surface area (Å²) >= 11 is 0. The quantitative estimate of drug-likeness (QED) is 0.134. The molecule has 6 nitrogen and oxygen atoms in total. The zero-order valence-electron chi connectivity index (χ0n) is 56.8. The number of aromatic nitrogens is 6. The van der Waals surface area contributed by atoms with Crippen LogP contribution in [-0.4, -0.2) is 29.9 Å². The summed E-state index contributed by atoms with van der Waals surface area (Å²) in [4.78, 5) is 26.4. The number of aryl methyl sites for hydroxylation is 7. The molecule has 0 aliphatic carbocycles. The molecule has 0 saturated heterocycles. The van der Waals surface area contributed by atoms with Crippen LogP contribution in [-0.2, 0) is 60.3 Å². The Morgan fingerprint density at radius 2 is 0.560 bits per heavy atom. The summed E-state index contributed by atoms with van der Waals surface area (Å²) in [6, 6.07) is 116. The Bertz CT molecular complexity index is 4500. The molecule has 0 saturated carbocycles. The van der Waals surface area contributed by atoms with Gasteiger partial charge in [-0.05, 0) is 146 Å². The second kappa shape index (κ2) is 40.7. The van der Waals surface area contributed by atoms with Gasteiger partial charge in [-0.25, -0.2) is 0 Å². The van der Waals surface area contributed by atoms with Crippen molar-refractivity contribution in [1.29, 1.82) is 0 Å². The van der Waals surface area contributed by atoms with Gasteiger partial charge in [0.1, 0.15) is 0 Å². The van der Waals surface area contributed by atoms with Crippen molar-refractivity contribution in [3.8, 4) is 101 Å². The van der Waals surface area contributed by atoms with Gasteiger partial charge in [0, 0.05) is 103 Å². The summed E-state index contributed by atoms with van der Waals surface area (Å²) < 4.78 is 0. The molecular formula is C91H74Ir3N6-6. The number of pyridine rings is 6. The molecule has 0 atom stereocenters. The van der Waals surface area contributed by atoms with Gasteiger partial charge >= 0.3 is 0 Å². The van der Waals surface area contributed by atoms with Gasteiger partial charge in [-0.1, -0.05) is 143 Å². The Morgan fingerprint density at radius 3 is 0.900 bits per heavy atom. The van der Waals surface area contributed by atoms with Gasteiger partial charge in [0.15, 0.2) is 0 Å². The van der Waals surface area contributed by atoms with Crippen molar-refractivity contribution in [3.63, 3.8) is 0 Å². The van der Waals surface area contributed by atoms with Crippen LogP contribution in [0.3, 0.4) is 0 Å². The standard InChI is InChI=1S/2C19H16N.C18H14N.C13H12N.2C11H8N.3Ir/c2*1-14-10-15(2)12-18(11-14)17-8-9-20-19(13-17)16-6-4-3-5-7-16;1-14-12-18(16-10-6-3-7-11-16)19-13-17(14)15-8-4-2-5-9-15;1-10-8-11(2)14-13(9-10)12-6-4-3-5-7-12;2*1-2-6-10(7-3-1)11-8-4-5-9-12-11;;;/h2*3-6,8-13H,1-2H3;2-10,12-13H,1H3;3-6,8-9H,1-2H3;2*1-6,8-9H;;;/q6*-1;;;. The Kier molecular flexibility index (Phi) is 31.4. The van der Waals surface area contributed by atoms with Gasteiger partial charge in [0.2, 0.25) is 0 Å². The first-order valence-electron chi connectivity index (χ1n) is 32.2. The Balaban J connectivity index is 0.000000169. The molecule has 0 aliphatic heterocycles. The van der Waals surface area contributed by atoms with Crippen LogP contribution < -0.4 is 0 Å². The van der Waals surface area contributed by atoms with Gasteiger partial charge in [-0.2, -0.15) is 0 Å². The molecule has 0 N–H and O–H groups in total. The third-order valence-corrected chi connectivity index (χ3v) is 15.2. The summed E-state index contributed by atoms with van der Waals surface area (Å²) in [5.74, 6) is 0. The van der Waals surface area contributed by atoms with Crippen LogP contribution in [0, 0.1) is 84.9 Å². The van der Waals surface area contributed by atoms with E-state index in [0.29, 0.717) is 0 Å². The number of hydrogen-bond acceptors (Lipinski definition) is 6. The third kappa shape index (κ3) is 23.8. The second-order valence-corrected chi connectivity index (χ2v) is 23.1. The summed E-state index contributed by atoms with van der Waals surface area (Å²) in [6.07, 6.45) is 9.25. The van der Waals surface area contributed by atoms with Gasteiger partial charge < -0.3 is 29.9 Å². The Hall–Kier alpha value is -10.2. The summed E-state index contributed by atoms with van der Waals surface area (Å²) in [6.45, 7) is 14.7. The molecule has 0 unspecified atom stereocenters. The molecule has 0 amide bonds. The topological polar surface area (TPSA) is 77.3 Å². The molecule has 15 rings (SSSR count). The van der Waals surface area contributed by atoms with Crippen molar-refractivity contribution in [2.24, 2.45) is 0 Å². The normalized spacial score (nSPS) is 9.91. The zero-order valence-corrected chi connectivity index (χ0v) is 64.0. The fraction of sp³-hybridized carbons (Fsp3) is 0.0769. The van der Waals surface area contributed by atoms with Gasteiger partial charge in [-0.15, -0.1) is 215 Å². The molecule has 9 heteroatoms. The first-order chi connectivity index (χ1) is 47.5. The molecule has 6 aromatic heterocycles. The van der Waals surface area contributed by atoms with E-state index < -0.39 is 0 Å². The largest absolute Gasteiger partial charge is 0.305 e.